The van der Waals surface area contributed by atoms with Crippen molar-refractivity contribution >= 4 is 23.2 Å². The largest absolute Gasteiger partial charge is 0.375 e. The van der Waals surface area contributed by atoms with E-state index in [2.05, 4.69) is 15.7 Å². The first-order valence-corrected chi connectivity index (χ1v) is 9.49. The molecule has 0 saturated heterocycles. The maximum atomic E-state index is 13.0. The molecule has 0 spiro atoms. The molecule has 1 heterocycles. The number of ether oxygens (including phenoxy) is 1. The second kappa shape index (κ2) is 8.28. The number of nitrogens with zero attached hydrogens (tertiary/aromatic N) is 2. The van der Waals surface area contributed by atoms with Crippen LogP contribution >= 0.6 is 0 Å². The fraction of sp³-hybridized carbons (Fsp3) is 0.227. The van der Waals surface area contributed by atoms with Gasteiger partial charge in [-0.25, -0.2) is 4.68 Å². The van der Waals surface area contributed by atoms with Crippen LogP contribution < -0.4 is 10.6 Å². The van der Waals surface area contributed by atoms with Crippen molar-refractivity contribution in [2.75, 3.05) is 24.4 Å². The molecule has 2 amide bonds. The minimum atomic E-state index is -0.257. The van der Waals surface area contributed by atoms with E-state index >= 15 is 0 Å². The smallest absolute Gasteiger partial charge is 0.274 e. The predicted molar refractivity (Wildman–Crippen MR) is 110 cm³/mol. The van der Waals surface area contributed by atoms with Gasteiger partial charge in [-0.15, -0.1) is 0 Å². The molecule has 4 rings (SSSR count). The van der Waals surface area contributed by atoms with E-state index in [1.54, 1.807) is 28.9 Å². The van der Waals surface area contributed by atoms with Crippen molar-refractivity contribution in [1.82, 2.24) is 9.78 Å². The van der Waals surface area contributed by atoms with Crippen LogP contribution in [0.1, 0.15) is 34.9 Å². The van der Waals surface area contributed by atoms with Gasteiger partial charge in [-0.1, -0.05) is 24.3 Å². The summed E-state index contributed by atoms with van der Waals surface area (Å²) < 4.78 is 6.51. The third-order valence-electron chi connectivity index (χ3n) is 4.64. The summed E-state index contributed by atoms with van der Waals surface area (Å²) in [4.78, 5) is 24.7. The van der Waals surface area contributed by atoms with Crippen LogP contribution in [0.5, 0.6) is 0 Å². The van der Waals surface area contributed by atoms with Crippen molar-refractivity contribution in [2.24, 2.45) is 0 Å². The van der Waals surface area contributed by atoms with Crippen molar-refractivity contribution in [3.8, 4) is 5.69 Å². The van der Waals surface area contributed by atoms with E-state index in [0.29, 0.717) is 23.0 Å². The molecule has 0 radical (unpaired) electrons. The molecular formula is C22H22N4O3. The summed E-state index contributed by atoms with van der Waals surface area (Å²) in [6.07, 6.45) is 2.21. The lowest BCUT2D eigenvalue weighted by atomic mass is 10.2. The van der Waals surface area contributed by atoms with E-state index in [1.807, 2.05) is 36.4 Å². The zero-order chi connectivity index (χ0) is 20.2. The first-order valence-electron chi connectivity index (χ1n) is 9.49. The molecule has 148 valence electrons. The molecule has 1 aromatic heterocycles. The summed E-state index contributed by atoms with van der Waals surface area (Å²) in [6.45, 7) is -0.0310. The molecule has 3 aromatic rings. The Labute approximate surface area is 168 Å². The summed E-state index contributed by atoms with van der Waals surface area (Å²) in [5.41, 5.74) is 3.43. The van der Waals surface area contributed by atoms with Crippen LogP contribution in [0.2, 0.25) is 0 Å². The number of carbonyl (C=O) groups is 2. The predicted octanol–water partition coefficient (Wildman–Crippen LogP) is 3.59. The van der Waals surface area contributed by atoms with Gasteiger partial charge in [0.25, 0.3) is 5.91 Å². The molecular weight excluding hydrogens is 368 g/mol. The number of hydrogen-bond donors (Lipinski definition) is 2. The molecule has 7 heteroatoms. The second-order valence-corrected chi connectivity index (χ2v) is 6.99. The second-order valence-electron chi connectivity index (χ2n) is 6.99. The number of hydrogen-bond acceptors (Lipinski definition) is 4. The average molecular weight is 390 g/mol. The van der Waals surface area contributed by atoms with E-state index in [-0.39, 0.29) is 18.4 Å². The highest BCUT2D eigenvalue weighted by Gasteiger charge is 2.29. The van der Waals surface area contributed by atoms with Crippen LogP contribution in [0.25, 0.3) is 5.69 Å². The van der Waals surface area contributed by atoms with Crippen molar-refractivity contribution < 1.29 is 14.3 Å². The molecule has 1 aliphatic rings. The summed E-state index contributed by atoms with van der Waals surface area (Å²) in [7, 11) is 1.46. The molecule has 0 unspecified atom stereocenters. The highest BCUT2D eigenvalue weighted by Crippen LogP contribution is 2.39. The topological polar surface area (TPSA) is 85.2 Å². The molecule has 1 aliphatic carbocycles. The van der Waals surface area contributed by atoms with Gasteiger partial charge in [-0.2, -0.15) is 5.10 Å². The first kappa shape index (κ1) is 18.9. The number of nitrogens with one attached hydrogen (secondary N) is 2. The molecule has 0 bridgehead atoms. The van der Waals surface area contributed by atoms with Crippen LogP contribution in [-0.2, 0) is 9.53 Å². The summed E-state index contributed by atoms with van der Waals surface area (Å²) in [5, 5.41) is 10.3. The SMILES string of the molecule is COCC(=O)Nc1cccc(NC(=O)c2cc(C3CC3)nn2-c2ccccc2)c1. The van der Waals surface area contributed by atoms with Gasteiger partial charge in [-0.3, -0.25) is 9.59 Å². The standard InChI is InChI=1S/C22H22N4O3/c1-29-14-21(27)23-16-6-5-7-17(12-16)24-22(28)20-13-19(15-10-11-15)25-26(20)18-8-3-2-4-9-18/h2-9,12-13,15H,10-11,14H2,1H3,(H,23,27)(H,24,28). The minimum Gasteiger partial charge on any atom is -0.375 e. The van der Waals surface area contributed by atoms with Gasteiger partial charge in [-0.05, 0) is 49.2 Å². The Balaban J connectivity index is 1.57. The van der Waals surface area contributed by atoms with E-state index in [1.165, 1.54) is 7.11 Å². The van der Waals surface area contributed by atoms with Gasteiger partial charge < -0.3 is 15.4 Å². The van der Waals surface area contributed by atoms with Crippen LogP contribution in [0.4, 0.5) is 11.4 Å². The van der Waals surface area contributed by atoms with Gasteiger partial charge in [0.2, 0.25) is 5.91 Å². The van der Waals surface area contributed by atoms with Crippen molar-refractivity contribution in [3.63, 3.8) is 0 Å². The number of para-hydroxylation sites is 1. The lowest BCUT2D eigenvalue weighted by Gasteiger charge is -2.10. The summed E-state index contributed by atoms with van der Waals surface area (Å²) in [5.74, 6) is -0.0772. The number of carbonyl (C=O) groups excluding carboxylic acids is 2. The highest BCUT2D eigenvalue weighted by molar-refractivity contribution is 6.04. The molecule has 0 aliphatic heterocycles. The maximum absolute atomic E-state index is 13.0. The van der Waals surface area contributed by atoms with Gasteiger partial charge in [0.15, 0.2) is 0 Å². The van der Waals surface area contributed by atoms with E-state index < -0.39 is 0 Å². The van der Waals surface area contributed by atoms with E-state index in [9.17, 15) is 9.59 Å². The van der Waals surface area contributed by atoms with Crippen molar-refractivity contribution in [1.29, 1.82) is 0 Å². The zero-order valence-corrected chi connectivity index (χ0v) is 16.1. The minimum absolute atomic E-state index is 0.0310. The monoisotopic (exact) mass is 390 g/mol. The molecule has 29 heavy (non-hydrogen) atoms. The number of rotatable bonds is 7. The first-order chi connectivity index (χ1) is 14.1. The van der Waals surface area contributed by atoms with Gasteiger partial charge in [0.1, 0.15) is 12.3 Å². The van der Waals surface area contributed by atoms with Crippen molar-refractivity contribution in [2.45, 2.75) is 18.8 Å². The third-order valence-corrected chi connectivity index (χ3v) is 4.64. The number of methoxy groups -OCH3 is 1. The summed E-state index contributed by atoms with van der Waals surface area (Å²) in [6, 6.07) is 18.5. The Kier molecular flexibility index (Phi) is 5.39. The zero-order valence-electron chi connectivity index (χ0n) is 16.1. The molecule has 0 atom stereocenters. The Hall–Kier alpha value is -3.45. The number of benzene rings is 2. The summed E-state index contributed by atoms with van der Waals surface area (Å²) >= 11 is 0. The lowest BCUT2D eigenvalue weighted by Crippen LogP contribution is -2.18. The normalized spacial score (nSPS) is 13.1. The number of aromatic nitrogens is 2. The van der Waals surface area contributed by atoms with E-state index in [0.717, 1.165) is 24.2 Å². The Morgan fingerprint density at radius 1 is 1.03 bits per heavy atom. The molecule has 1 fully saturated rings. The number of amides is 2. The van der Waals surface area contributed by atoms with Crippen LogP contribution in [-0.4, -0.2) is 35.3 Å². The van der Waals surface area contributed by atoms with Crippen LogP contribution in [0.15, 0.2) is 60.7 Å². The quantitative estimate of drug-likeness (QED) is 0.646. The Bertz CT molecular complexity index is 1030. The highest BCUT2D eigenvalue weighted by atomic mass is 16.5. The van der Waals surface area contributed by atoms with E-state index in [4.69, 9.17) is 4.74 Å². The fourth-order valence-electron chi connectivity index (χ4n) is 3.10. The Morgan fingerprint density at radius 3 is 2.45 bits per heavy atom. The third kappa shape index (κ3) is 4.52. The number of anilines is 2. The van der Waals surface area contributed by atoms with Gasteiger partial charge >= 0.3 is 0 Å². The molecule has 1 saturated carbocycles. The molecule has 7 nitrogen and oxygen atoms in total. The van der Waals surface area contributed by atoms with Crippen LogP contribution in [0.3, 0.4) is 0 Å². The molecule has 2 aromatic carbocycles. The van der Waals surface area contributed by atoms with Gasteiger partial charge in [0, 0.05) is 24.4 Å². The maximum Gasteiger partial charge on any atom is 0.274 e. The van der Waals surface area contributed by atoms with Crippen LogP contribution in [0, 0.1) is 0 Å². The fourth-order valence-corrected chi connectivity index (χ4v) is 3.10. The Morgan fingerprint density at radius 2 is 1.76 bits per heavy atom. The van der Waals surface area contributed by atoms with Gasteiger partial charge in [0.05, 0.1) is 11.4 Å². The van der Waals surface area contributed by atoms with Crippen molar-refractivity contribution in [3.05, 3.63) is 72.1 Å². The average Bonchev–Trinajstić information content (AvgIpc) is 3.47. The molecule has 2 N–H and O–H groups in total. The lowest BCUT2D eigenvalue weighted by molar-refractivity contribution is -0.119.